The molecule has 1 heterocycles. The molecule has 0 radical (unpaired) electrons. The van der Waals surface area contributed by atoms with Crippen molar-refractivity contribution in [2.75, 3.05) is 24.6 Å². The Kier molecular flexibility index (Phi) is 7.83. The number of nitrogens with zero attached hydrogens (tertiary/aromatic N) is 1. The Bertz CT molecular complexity index is 789. The minimum absolute atomic E-state index is 0.108. The highest BCUT2D eigenvalue weighted by molar-refractivity contribution is 5.67. The summed E-state index contributed by atoms with van der Waals surface area (Å²) in [6.07, 6.45) is 3.40. The van der Waals surface area contributed by atoms with Gasteiger partial charge in [0.15, 0.2) is 0 Å². The molecule has 2 nitrogen and oxygen atoms in total. The molecular weight excluding hydrogens is 387 g/mol. The Morgan fingerprint density at radius 1 is 0.967 bits per heavy atom. The van der Waals surface area contributed by atoms with Gasteiger partial charge in [-0.05, 0) is 60.2 Å². The van der Waals surface area contributed by atoms with Crippen molar-refractivity contribution >= 4 is 5.69 Å². The van der Waals surface area contributed by atoms with Crippen LogP contribution >= 0.6 is 0 Å². The molecule has 30 heavy (non-hydrogen) atoms. The van der Waals surface area contributed by atoms with Crippen LogP contribution in [0.1, 0.15) is 39.0 Å². The van der Waals surface area contributed by atoms with Crippen molar-refractivity contribution in [1.29, 1.82) is 0 Å². The predicted molar refractivity (Wildman–Crippen MR) is 117 cm³/mol. The molecule has 3 rings (SSSR count). The van der Waals surface area contributed by atoms with E-state index in [1.54, 1.807) is 12.1 Å². The molecule has 1 aliphatic heterocycles. The molecule has 1 aliphatic rings. The van der Waals surface area contributed by atoms with E-state index < -0.39 is 6.18 Å². The van der Waals surface area contributed by atoms with E-state index >= 15 is 0 Å². The van der Waals surface area contributed by atoms with Gasteiger partial charge >= 0.3 is 6.18 Å². The van der Waals surface area contributed by atoms with Gasteiger partial charge in [-0.1, -0.05) is 50.5 Å². The molecular formula is C25H30F3NO. The average molecular weight is 418 g/mol. The van der Waals surface area contributed by atoms with Gasteiger partial charge in [-0.25, -0.2) is 0 Å². The van der Waals surface area contributed by atoms with E-state index in [2.05, 4.69) is 36.1 Å². The molecule has 1 fully saturated rings. The van der Waals surface area contributed by atoms with Crippen LogP contribution < -0.4 is 9.64 Å². The topological polar surface area (TPSA) is 12.5 Å². The molecule has 162 valence electrons. The van der Waals surface area contributed by atoms with Crippen molar-refractivity contribution in [2.45, 2.75) is 45.2 Å². The number of anilines is 1. The minimum Gasteiger partial charge on any atom is -0.490 e. The van der Waals surface area contributed by atoms with Crippen LogP contribution in [-0.2, 0) is 0 Å². The zero-order valence-corrected chi connectivity index (χ0v) is 17.5. The van der Waals surface area contributed by atoms with E-state index in [1.165, 1.54) is 37.8 Å². The smallest absolute Gasteiger partial charge is 0.409 e. The monoisotopic (exact) mass is 417 g/mol. The second kappa shape index (κ2) is 10.6. The Labute approximate surface area is 177 Å². The van der Waals surface area contributed by atoms with Crippen molar-refractivity contribution in [3.8, 4) is 16.9 Å². The van der Waals surface area contributed by atoms with Crippen molar-refractivity contribution < 1.29 is 17.9 Å². The molecule has 0 unspecified atom stereocenters. The van der Waals surface area contributed by atoms with Crippen LogP contribution in [0.25, 0.3) is 11.1 Å². The van der Waals surface area contributed by atoms with Gasteiger partial charge in [0, 0.05) is 24.9 Å². The summed E-state index contributed by atoms with van der Waals surface area (Å²) in [6.45, 7) is 4.40. The maximum Gasteiger partial charge on any atom is 0.409 e. The van der Waals surface area contributed by atoms with Crippen LogP contribution in [0.2, 0.25) is 0 Å². The van der Waals surface area contributed by atoms with Crippen LogP contribution in [-0.4, -0.2) is 25.9 Å². The summed E-state index contributed by atoms with van der Waals surface area (Å²) in [5.41, 5.74) is 3.43. The first-order valence-corrected chi connectivity index (χ1v) is 10.8. The number of rotatable bonds is 8. The van der Waals surface area contributed by atoms with Crippen LogP contribution in [0.15, 0.2) is 60.7 Å². The molecule has 0 spiro atoms. The number of hydrogen-bond donors (Lipinski definition) is 0. The highest BCUT2D eigenvalue weighted by Crippen LogP contribution is 2.29. The van der Waals surface area contributed by atoms with Crippen molar-refractivity contribution in [1.82, 2.24) is 0 Å². The van der Waals surface area contributed by atoms with Gasteiger partial charge in [-0.3, -0.25) is 0 Å². The zero-order valence-electron chi connectivity index (χ0n) is 17.5. The lowest BCUT2D eigenvalue weighted by atomic mass is 9.91. The zero-order chi connectivity index (χ0) is 21.4. The highest BCUT2D eigenvalue weighted by atomic mass is 19.4. The van der Waals surface area contributed by atoms with Gasteiger partial charge in [0.2, 0.25) is 0 Å². The number of unbranched alkanes of at least 4 members (excludes halogenated alkanes) is 1. The Morgan fingerprint density at radius 3 is 2.13 bits per heavy atom. The minimum atomic E-state index is -4.30. The average Bonchev–Trinajstić information content (AvgIpc) is 2.76. The number of ether oxygens (including phenoxy) is 1. The standard InChI is InChI=1S/C25H30F3NO/c1-2-3-5-20-14-17-29(18-15-20)23-10-6-21(7-11-23)22-8-12-24(13-9-22)30-19-4-16-25(26,27)28/h4,6-13,16,20H,2-3,5,14-15,17-19H2,1H3/b16-4+. The first-order chi connectivity index (χ1) is 14.4. The molecule has 1 saturated heterocycles. The molecule has 0 aliphatic carbocycles. The van der Waals surface area contributed by atoms with Crippen molar-refractivity contribution in [3.63, 3.8) is 0 Å². The maximum absolute atomic E-state index is 12.1. The third-order valence-corrected chi connectivity index (χ3v) is 5.65. The van der Waals surface area contributed by atoms with E-state index in [4.69, 9.17) is 4.74 Å². The number of piperidine rings is 1. The molecule has 2 aromatic rings. The highest BCUT2D eigenvalue weighted by Gasteiger charge is 2.21. The molecule has 0 bridgehead atoms. The summed E-state index contributed by atoms with van der Waals surface area (Å²) in [6, 6.07) is 16.0. The molecule has 0 aromatic heterocycles. The molecule has 5 heteroatoms. The van der Waals surface area contributed by atoms with E-state index in [1.807, 2.05) is 12.1 Å². The van der Waals surface area contributed by atoms with E-state index in [-0.39, 0.29) is 12.7 Å². The fraction of sp³-hybridized carbons (Fsp3) is 0.440. The molecule has 2 aromatic carbocycles. The van der Waals surface area contributed by atoms with Gasteiger partial charge < -0.3 is 9.64 Å². The van der Waals surface area contributed by atoms with E-state index in [9.17, 15) is 13.2 Å². The third kappa shape index (κ3) is 6.82. The second-order valence-corrected chi connectivity index (χ2v) is 7.90. The molecule has 0 atom stereocenters. The largest absolute Gasteiger partial charge is 0.490 e. The van der Waals surface area contributed by atoms with Crippen LogP contribution in [0, 0.1) is 5.92 Å². The molecule has 0 amide bonds. The summed E-state index contributed by atoms with van der Waals surface area (Å²) in [7, 11) is 0. The predicted octanol–water partition coefficient (Wildman–Crippen LogP) is 7.26. The van der Waals surface area contributed by atoms with E-state index in [0.29, 0.717) is 5.75 Å². The Morgan fingerprint density at radius 2 is 1.57 bits per heavy atom. The quantitative estimate of drug-likeness (QED) is 0.419. The normalized spacial score (nSPS) is 15.7. The van der Waals surface area contributed by atoms with Crippen LogP contribution in [0.4, 0.5) is 18.9 Å². The van der Waals surface area contributed by atoms with Gasteiger partial charge in [-0.2, -0.15) is 13.2 Å². The Balaban J connectivity index is 1.52. The number of hydrogen-bond acceptors (Lipinski definition) is 2. The van der Waals surface area contributed by atoms with E-state index in [0.717, 1.165) is 36.2 Å². The summed E-state index contributed by atoms with van der Waals surface area (Å²) >= 11 is 0. The molecule has 0 saturated carbocycles. The second-order valence-electron chi connectivity index (χ2n) is 7.90. The first kappa shape index (κ1) is 22.3. The third-order valence-electron chi connectivity index (χ3n) is 5.65. The summed E-state index contributed by atoms with van der Waals surface area (Å²) in [5, 5.41) is 0. The van der Waals surface area contributed by atoms with Gasteiger partial charge in [0.1, 0.15) is 12.4 Å². The summed E-state index contributed by atoms with van der Waals surface area (Å²) in [4.78, 5) is 2.47. The van der Waals surface area contributed by atoms with Gasteiger partial charge in [0.25, 0.3) is 0 Å². The summed E-state index contributed by atoms with van der Waals surface area (Å²) < 4.78 is 41.6. The first-order valence-electron chi connectivity index (χ1n) is 10.8. The Hall–Kier alpha value is -2.43. The van der Waals surface area contributed by atoms with Crippen molar-refractivity contribution in [3.05, 3.63) is 60.7 Å². The summed E-state index contributed by atoms with van der Waals surface area (Å²) in [5.74, 6) is 1.43. The lowest BCUT2D eigenvalue weighted by Gasteiger charge is -2.33. The van der Waals surface area contributed by atoms with Crippen molar-refractivity contribution in [2.24, 2.45) is 5.92 Å². The van der Waals surface area contributed by atoms with Crippen LogP contribution in [0.5, 0.6) is 5.75 Å². The van der Waals surface area contributed by atoms with Crippen LogP contribution in [0.3, 0.4) is 0 Å². The van der Waals surface area contributed by atoms with Gasteiger partial charge in [0.05, 0.1) is 0 Å². The molecule has 0 N–H and O–H groups in total. The number of allylic oxidation sites excluding steroid dienone is 1. The van der Waals surface area contributed by atoms with Gasteiger partial charge in [-0.15, -0.1) is 0 Å². The number of alkyl halides is 3. The maximum atomic E-state index is 12.1. The lowest BCUT2D eigenvalue weighted by Crippen LogP contribution is -2.33. The number of benzene rings is 2. The number of halogens is 3. The SMILES string of the molecule is CCCCC1CCN(c2ccc(-c3ccc(OC/C=C/C(F)(F)F)cc3)cc2)CC1. The lowest BCUT2D eigenvalue weighted by molar-refractivity contribution is -0.0801. The fourth-order valence-corrected chi connectivity index (χ4v) is 3.91. The fourth-order valence-electron chi connectivity index (χ4n) is 3.91.